The van der Waals surface area contributed by atoms with Crippen molar-refractivity contribution in [3.05, 3.63) is 36.5 Å². The minimum absolute atomic E-state index is 0.184. The van der Waals surface area contributed by atoms with Crippen molar-refractivity contribution in [2.75, 3.05) is 13.2 Å². The quantitative estimate of drug-likeness (QED) is 0.0261. The van der Waals surface area contributed by atoms with Crippen LogP contribution in [0.1, 0.15) is 335 Å². The van der Waals surface area contributed by atoms with Crippen LogP contribution < -0.4 is 5.32 Å². The molecule has 1 heterocycles. The van der Waals surface area contributed by atoms with E-state index in [1.54, 1.807) is 6.08 Å². The summed E-state index contributed by atoms with van der Waals surface area (Å²) < 4.78 is 11.3. The predicted octanol–water partition coefficient (Wildman–Crippen LogP) is 17.9. The highest BCUT2D eigenvalue weighted by molar-refractivity contribution is 5.76. The molecule has 77 heavy (non-hydrogen) atoms. The first kappa shape index (κ1) is 73.4. The molecule has 9 nitrogen and oxygen atoms in total. The van der Waals surface area contributed by atoms with E-state index in [1.807, 2.05) is 6.08 Å². The Labute approximate surface area is 476 Å². The summed E-state index contributed by atoms with van der Waals surface area (Å²) in [6.45, 7) is 3.81. The van der Waals surface area contributed by atoms with Crippen LogP contribution in [0.5, 0.6) is 0 Å². The second-order valence-electron chi connectivity index (χ2n) is 23.6. The van der Waals surface area contributed by atoms with Gasteiger partial charge in [0.05, 0.1) is 25.4 Å². The van der Waals surface area contributed by atoms with Gasteiger partial charge < -0.3 is 40.3 Å². The third-order valence-corrected chi connectivity index (χ3v) is 16.2. The van der Waals surface area contributed by atoms with Gasteiger partial charge in [-0.1, -0.05) is 320 Å². The number of nitrogens with one attached hydrogen (secondary N) is 1. The maximum atomic E-state index is 13.1. The van der Waals surface area contributed by atoms with Gasteiger partial charge in [-0.15, -0.1) is 0 Å². The van der Waals surface area contributed by atoms with Crippen molar-refractivity contribution in [1.29, 1.82) is 0 Å². The lowest BCUT2D eigenvalue weighted by molar-refractivity contribution is -0.302. The molecule has 0 aromatic rings. The van der Waals surface area contributed by atoms with Gasteiger partial charge in [-0.25, -0.2) is 0 Å². The Kier molecular flexibility index (Phi) is 55.0. The maximum Gasteiger partial charge on any atom is 0.220 e. The van der Waals surface area contributed by atoms with Crippen molar-refractivity contribution in [2.24, 2.45) is 0 Å². The molecule has 1 aliphatic heterocycles. The fraction of sp³-hybridized carbons (Fsp3) is 0.897. The number of amides is 1. The fourth-order valence-electron chi connectivity index (χ4n) is 10.9. The number of unbranched alkanes of at least 4 members (excludes halogenated alkanes) is 45. The zero-order valence-electron chi connectivity index (χ0n) is 50.7. The molecule has 1 rings (SSSR count). The van der Waals surface area contributed by atoms with E-state index in [2.05, 4.69) is 43.5 Å². The average molecular weight is 1090 g/mol. The van der Waals surface area contributed by atoms with Gasteiger partial charge >= 0.3 is 0 Å². The van der Waals surface area contributed by atoms with E-state index in [4.69, 9.17) is 9.47 Å². The van der Waals surface area contributed by atoms with Crippen LogP contribution in [-0.2, 0) is 14.3 Å². The fourth-order valence-corrected chi connectivity index (χ4v) is 10.9. The first-order valence-electron chi connectivity index (χ1n) is 33.7. The Bertz CT molecular complexity index is 1310. The van der Waals surface area contributed by atoms with Crippen LogP contribution in [0.25, 0.3) is 0 Å². The lowest BCUT2D eigenvalue weighted by Crippen LogP contribution is -2.60. The molecule has 7 unspecified atom stereocenters. The highest BCUT2D eigenvalue weighted by Crippen LogP contribution is 2.23. The van der Waals surface area contributed by atoms with Crippen molar-refractivity contribution in [3.8, 4) is 0 Å². The Hall–Kier alpha value is -1.59. The Morgan fingerprint density at radius 2 is 0.740 bits per heavy atom. The van der Waals surface area contributed by atoms with Crippen LogP contribution >= 0.6 is 0 Å². The number of ether oxygens (including phenoxy) is 2. The number of rotatable bonds is 59. The summed E-state index contributed by atoms with van der Waals surface area (Å²) in [5.41, 5.74) is 0. The normalized spacial score (nSPS) is 18.9. The summed E-state index contributed by atoms with van der Waals surface area (Å²) in [6.07, 6.45) is 69.6. The van der Waals surface area contributed by atoms with Gasteiger partial charge in [0.15, 0.2) is 6.29 Å². The van der Waals surface area contributed by atoms with Crippen molar-refractivity contribution in [2.45, 2.75) is 378 Å². The number of aliphatic hydroxyl groups excluding tert-OH is 5. The number of hydrogen-bond acceptors (Lipinski definition) is 8. The van der Waals surface area contributed by atoms with Gasteiger partial charge in [-0.2, -0.15) is 0 Å². The first-order valence-corrected chi connectivity index (χ1v) is 33.7. The van der Waals surface area contributed by atoms with Gasteiger partial charge in [-0.05, 0) is 44.9 Å². The number of allylic oxidation sites excluding steroid dienone is 5. The van der Waals surface area contributed by atoms with Crippen molar-refractivity contribution < 1.29 is 39.8 Å². The molecule has 0 aromatic heterocycles. The van der Waals surface area contributed by atoms with Crippen molar-refractivity contribution in [1.82, 2.24) is 5.32 Å². The molecule has 0 aliphatic carbocycles. The largest absolute Gasteiger partial charge is 0.394 e. The van der Waals surface area contributed by atoms with E-state index in [0.717, 1.165) is 44.9 Å². The molecule has 0 spiro atoms. The zero-order chi connectivity index (χ0) is 55.8. The zero-order valence-corrected chi connectivity index (χ0v) is 50.7. The van der Waals surface area contributed by atoms with Crippen LogP contribution in [-0.4, -0.2) is 87.5 Å². The standard InChI is InChI=1S/C68H129NO8/c1-3-5-7-9-11-13-15-17-19-21-23-25-27-29-30-31-32-34-36-38-40-42-44-46-48-50-52-54-56-58-64(72)69-61(60-76-68-67(75)66(74)65(73)63(59-70)77-68)62(71)57-55-53-51-49-47-45-43-41-39-37-35-33-28-26-24-22-20-18-16-14-12-10-8-6-4-2/h39,41,47,49,55,57,61-63,65-68,70-71,73-75H,3-38,40,42-46,48,50-54,56,58-60H2,1-2H3,(H,69,72)/b41-39+,49-47+,57-55+. The van der Waals surface area contributed by atoms with Gasteiger partial charge in [0.2, 0.25) is 5.91 Å². The SMILES string of the molecule is CCCCCCCCCCCCCCCCC/C=C/CC/C=C/CC/C=C/C(O)C(COC1OC(CO)C(O)C(O)C1O)NC(=O)CCCCCCCCCCCCCCCCCCCCCCCCCCCCCCC. The first-order chi connectivity index (χ1) is 37.8. The van der Waals surface area contributed by atoms with Crippen molar-refractivity contribution in [3.63, 3.8) is 0 Å². The van der Waals surface area contributed by atoms with E-state index >= 15 is 0 Å². The predicted molar refractivity (Wildman–Crippen MR) is 327 cm³/mol. The Balaban J connectivity index is 2.17. The molecule has 7 atom stereocenters. The third kappa shape index (κ3) is 46.7. The van der Waals surface area contributed by atoms with Gasteiger partial charge in [-0.3, -0.25) is 4.79 Å². The van der Waals surface area contributed by atoms with E-state index in [1.165, 1.54) is 270 Å². The maximum absolute atomic E-state index is 13.1. The van der Waals surface area contributed by atoms with Gasteiger partial charge in [0, 0.05) is 6.42 Å². The summed E-state index contributed by atoms with van der Waals surface area (Å²) >= 11 is 0. The monoisotopic (exact) mass is 1090 g/mol. The Morgan fingerprint density at radius 3 is 1.09 bits per heavy atom. The van der Waals surface area contributed by atoms with Crippen LogP contribution in [0.4, 0.5) is 0 Å². The number of hydrogen-bond donors (Lipinski definition) is 6. The lowest BCUT2D eigenvalue weighted by Gasteiger charge is -2.40. The van der Waals surface area contributed by atoms with Gasteiger partial charge in [0.25, 0.3) is 0 Å². The van der Waals surface area contributed by atoms with E-state index in [9.17, 15) is 30.3 Å². The van der Waals surface area contributed by atoms with Gasteiger partial charge in [0.1, 0.15) is 24.4 Å². The molecule has 9 heteroatoms. The number of carbonyl (C=O) groups is 1. The molecule has 1 fully saturated rings. The highest BCUT2D eigenvalue weighted by atomic mass is 16.7. The summed E-state index contributed by atoms with van der Waals surface area (Å²) in [5, 5.41) is 54.7. The minimum Gasteiger partial charge on any atom is -0.394 e. The van der Waals surface area contributed by atoms with Crippen LogP contribution in [0.2, 0.25) is 0 Å². The number of aliphatic hydroxyl groups is 5. The lowest BCUT2D eigenvalue weighted by atomic mass is 9.99. The highest BCUT2D eigenvalue weighted by Gasteiger charge is 2.44. The average Bonchev–Trinajstić information content (AvgIpc) is 3.43. The second-order valence-corrected chi connectivity index (χ2v) is 23.6. The molecule has 6 N–H and O–H groups in total. The summed E-state index contributed by atoms with van der Waals surface area (Å²) in [6, 6.07) is -0.827. The molecule has 454 valence electrons. The van der Waals surface area contributed by atoms with Crippen LogP contribution in [0.15, 0.2) is 36.5 Å². The van der Waals surface area contributed by atoms with E-state index in [0.29, 0.717) is 6.42 Å². The molecular formula is C68H129NO8. The minimum atomic E-state index is -1.57. The van der Waals surface area contributed by atoms with E-state index in [-0.39, 0.29) is 12.5 Å². The molecule has 0 saturated carbocycles. The summed E-state index contributed by atoms with van der Waals surface area (Å²) in [4.78, 5) is 13.1. The topological polar surface area (TPSA) is 149 Å². The third-order valence-electron chi connectivity index (χ3n) is 16.2. The molecule has 0 aromatic carbocycles. The smallest absolute Gasteiger partial charge is 0.220 e. The summed E-state index contributed by atoms with van der Waals surface area (Å²) in [5.74, 6) is -0.184. The Morgan fingerprint density at radius 1 is 0.429 bits per heavy atom. The molecular weight excluding hydrogens is 959 g/mol. The number of carbonyl (C=O) groups excluding carboxylic acids is 1. The molecule has 1 amide bonds. The molecule has 1 saturated heterocycles. The molecule has 0 bridgehead atoms. The molecule has 0 radical (unpaired) electrons. The molecule has 1 aliphatic rings. The summed E-state index contributed by atoms with van der Waals surface area (Å²) in [7, 11) is 0. The van der Waals surface area contributed by atoms with Crippen LogP contribution in [0.3, 0.4) is 0 Å². The van der Waals surface area contributed by atoms with Crippen molar-refractivity contribution >= 4 is 5.91 Å². The second kappa shape index (κ2) is 57.6. The van der Waals surface area contributed by atoms with Crippen LogP contribution in [0, 0.1) is 0 Å². The van der Waals surface area contributed by atoms with E-state index < -0.39 is 49.5 Å².